The van der Waals surface area contributed by atoms with Crippen LogP contribution in [0.2, 0.25) is 0 Å². The van der Waals surface area contributed by atoms with Crippen molar-refractivity contribution in [2.24, 2.45) is 0 Å². The fourth-order valence-electron chi connectivity index (χ4n) is 2.75. The Balaban J connectivity index is 2.14. The van der Waals surface area contributed by atoms with Gasteiger partial charge in [-0.15, -0.1) is 0 Å². The number of ether oxygens (including phenoxy) is 1. The average Bonchev–Trinajstić information content (AvgIpc) is 2.49. The van der Waals surface area contributed by atoms with Gasteiger partial charge in [-0.1, -0.05) is 32.1 Å². The lowest BCUT2D eigenvalue weighted by atomic mass is 9.92. The highest BCUT2D eigenvalue weighted by atomic mass is 16.5. The van der Waals surface area contributed by atoms with E-state index in [-0.39, 0.29) is 6.42 Å². The number of aliphatic hydroxyl groups excluding tert-OH is 4. The number of carboxylic acid groups (broad SMARTS) is 1. The van der Waals surface area contributed by atoms with Gasteiger partial charge in [0.25, 0.3) is 0 Å². The minimum atomic E-state index is -1.30. The van der Waals surface area contributed by atoms with E-state index in [1.54, 1.807) is 0 Å². The molecular weight excluding hydrogens is 292 g/mol. The van der Waals surface area contributed by atoms with Crippen LogP contribution in [0.1, 0.15) is 51.4 Å². The number of carbonyl (C=O) groups is 1. The molecule has 0 amide bonds. The van der Waals surface area contributed by atoms with Crippen molar-refractivity contribution < 1.29 is 35.1 Å². The van der Waals surface area contributed by atoms with E-state index in [2.05, 4.69) is 0 Å². The molecule has 5 N–H and O–H groups in total. The molecular formula is C15H28O7. The molecule has 5 atom stereocenters. The molecule has 0 unspecified atom stereocenters. The van der Waals surface area contributed by atoms with E-state index >= 15 is 0 Å². The van der Waals surface area contributed by atoms with Crippen molar-refractivity contribution in [1.82, 2.24) is 0 Å². The monoisotopic (exact) mass is 320 g/mol. The van der Waals surface area contributed by atoms with Gasteiger partial charge in [-0.2, -0.15) is 0 Å². The number of hydrogen-bond donors (Lipinski definition) is 5. The maximum atomic E-state index is 10.3. The van der Waals surface area contributed by atoms with E-state index in [9.17, 15) is 20.1 Å². The molecule has 0 aromatic heterocycles. The number of carboxylic acids is 1. The summed E-state index contributed by atoms with van der Waals surface area (Å²) < 4.78 is 5.43. The van der Waals surface area contributed by atoms with Crippen LogP contribution in [-0.4, -0.2) is 68.6 Å². The number of unbranched alkanes of at least 4 members (excludes halogenated alkanes) is 5. The molecule has 0 radical (unpaired) electrons. The molecule has 0 bridgehead atoms. The summed E-state index contributed by atoms with van der Waals surface area (Å²) in [5.41, 5.74) is 0. The van der Waals surface area contributed by atoms with Gasteiger partial charge >= 0.3 is 5.97 Å². The van der Waals surface area contributed by atoms with Crippen LogP contribution in [-0.2, 0) is 9.53 Å². The van der Waals surface area contributed by atoms with Crippen LogP contribution >= 0.6 is 0 Å². The Morgan fingerprint density at radius 3 is 1.95 bits per heavy atom. The third-order valence-corrected chi connectivity index (χ3v) is 4.12. The molecule has 0 aromatic carbocycles. The van der Waals surface area contributed by atoms with E-state index in [1.165, 1.54) is 0 Å². The van der Waals surface area contributed by atoms with Gasteiger partial charge in [-0.3, -0.25) is 4.79 Å². The standard InChI is InChI=1S/C15H28O7/c16-9-11-14(20)15(21)13(19)10(22-11)7-5-3-1-2-4-6-8-12(17)18/h10-11,13-16,19-21H,1-9H2,(H,17,18)/t10-,11-,13-,14-,15-/m1/s1. The largest absolute Gasteiger partial charge is 0.481 e. The van der Waals surface area contributed by atoms with Crippen LogP contribution in [0.4, 0.5) is 0 Å². The van der Waals surface area contributed by atoms with Gasteiger partial charge < -0.3 is 30.3 Å². The van der Waals surface area contributed by atoms with Gasteiger partial charge in [0.15, 0.2) is 0 Å². The summed E-state index contributed by atoms with van der Waals surface area (Å²) >= 11 is 0. The summed E-state index contributed by atoms with van der Waals surface area (Å²) in [4.78, 5) is 10.3. The summed E-state index contributed by atoms with van der Waals surface area (Å²) in [6, 6.07) is 0. The van der Waals surface area contributed by atoms with Crippen LogP contribution < -0.4 is 0 Å². The molecule has 7 heteroatoms. The first-order valence-electron chi connectivity index (χ1n) is 7.99. The van der Waals surface area contributed by atoms with E-state index in [0.29, 0.717) is 12.8 Å². The van der Waals surface area contributed by atoms with Crippen molar-refractivity contribution in [2.45, 2.75) is 81.9 Å². The van der Waals surface area contributed by atoms with Crippen molar-refractivity contribution in [2.75, 3.05) is 6.61 Å². The predicted molar refractivity (Wildman–Crippen MR) is 78.3 cm³/mol. The zero-order valence-corrected chi connectivity index (χ0v) is 12.8. The molecule has 1 rings (SSSR count). The molecule has 22 heavy (non-hydrogen) atoms. The number of hydrogen-bond acceptors (Lipinski definition) is 6. The van der Waals surface area contributed by atoms with Crippen molar-refractivity contribution >= 4 is 5.97 Å². The predicted octanol–water partition coefficient (Wildman–Crippen LogP) is 0.0342. The van der Waals surface area contributed by atoms with E-state index in [1.807, 2.05) is 0 Å². The minimum absolute atomic E-state index is 0.213. The van der Waals surface area contributed by atoms with Crippen LogP contribution in [0.5, 0.6) is 0 Å². The van der Waals surface area contributed by atoms with Gasteiger partial charge in [0.05, 0.1) is 12.7 Å². The number of rotatable bonds is 10. The maximum absolute atomic E-state index is 10.3. The summed E-state index contributed by atoms with van der Waals surface area (Å²) in [6.07, 6.45) is 0.895. The summed E-state index contributed by atoms with van der Waals surface area (Å²) in [6.45, 7) is -0.398. The molecule has 0 spiro atoms. The van der Waals surface area contributed by atoms with Gasteiger partial charge in [-0.05, 0) is 12.8 Å². The highest BCUT2D eigenvalue weighted by molar-refractivity contribution is 5.66. The first kappa shape index (κ1) is 19.3. The van der Waals surface area contributed by atoms with Gasteiger partial charge in [0, 0.05) is 6.42 Å². The van der Waals surface area contributed by atoms with Crippen molar-refractivity contribution in [1.29, 1.82) is 0 Å². The highest BCUT2D eigenvalue weighted by Gasteiger charge is 2.42. The number of aliphatic carboxylic acids is 1. The quantitative estimate of drug-likeness (QED) is 0.359. The maximum Gasteiger partial charge on any atom is 0.303 e. The summed E-state index contributed by atoms with van der Waals surface area (Å²) in [7, 11) is 0. The lowest BCUT2D eigenvalue weighted by molar-refractivity contribution is -0.230. The Morgan fingerprint density at radius 2 is 1.36 bits per heavy atom. The van der Waals surface area contributed by atoms with E-state index < -0.39 is 43.1 Å². The lowest BCUT2D eigenvalue weighted by Crippen LogP contribution is -2.58. The first-order valence-corrected chi connectivity index (χ1v) is 7.99. The van der Waals surface area contributed by atoms with E-state index in [4.69, 9.17) is 14.9 Å². The lowest BCUT2D eigenvalue weighted by Gasteiger charge is -2.40. The summed E-state index contributed by atoms with van der Waals surface area (Å²) in [5, 5.41) is 46.8. The molecule has 1 heterocycles. The molecule has 0 aliphatic carbocycles. The third kappa shape index (κ3) is 6.18. The smallest absolute Gasteiger partial charge is 0.303 e. The van der Waals surface area contributed by atoms with E-state index in [0.717, 1.165) is 32.1 Å². The van der Waals surface area contributed by atoms with Crippen molar-refractivity contribution in [3.05, 3.63) is 0 Å². The average molecular weight is 320 g/mol. The van der Waals surface area contributed by atoms with Gasteiger partial charge in [0.1, 0.15) is 24.4 Å². The molecule has 7 nitrogen and oxygen atoms in total. The Kier molecular flexibility index (Phi) is 8.89. The van der Waals surface area contributed by atoms with Crippen LogP contribution in [0.25, 0.3) is 0 Å². The fraction of sp³-hybridized carbons (Fsp3) is 0.933. The Hall–Kier alpha value is -0.730. The highest BCUT2D eigenvalue weighted by Crippen LogP contribution is 2.24. The third-order valence-electron chi connectivity index (χ3n) is 4.12. The Labute approximate surface area is 130 Å². The second kappa shape index (κ2) is 10.1. The normalized spacial score (nSPS) is 32.1. The first-order chi connectivity index (χ1) is 10.5. The van der Waals surface area contributed by atoms with Crippen LogP contribution in [0, 0.1) is 0 Å². The van der Waals surface area contributed by atoms with Crippen LogP contribution in [0.3, 0.4) is 0 Å². The molecule has 1 fully saturated rings. The molecule has 130 valence electrons. The van der Waals surface area contributed by atoms with Crippen molar-refractivity contribution in [3.8, 4) is 0 Å². The second-order valence-corrected chi connectivity index (χ2v) is 5.92. The zero-order valence-electron chi connectivity index (χ0n) is 12.8. The number of aliphatic hydroxyl groups is 4. The van der Waals surface area contributed by atoms with Crippen LogP contribution in [0.15, 0.2) is 0 Å². The second-order valence-electron chi connectivity index (χ2n) is 5.92. The Morgan fingerprint density at radius 1 is 0.818 bits per heavy atom. The molecule has 0 aromatic rings. The van der Waals surface area contributed by atoms with Gasteiger partial charge in [-0.25, -0.2) is 0 Å². The fourth-order valence-corrected chi connectivity index (χ4v) is 2.75. The Bertz CT molecular complexity index is 321. The summed E-state index contributed by atoms with van der Waals surface area (Å²) in [5.74, 6) is -0.761. The van der Waals surface area contributed by atoms with Crippen molar-refractivity contribution in [3.63, 3.8) is 0 Å². The molecule has 1 aliphatic heterocycles. The molecule has 1 aliphatic rings. The SMILES string of the molecule is O=C(O)CCCCCCCC[C@H]1O[C@H](CO)[C@@H](O)[C@H](O)[C@@H]1O. The molecule has 0 saturated carbocycles. The topological polar surface area (TPSA) is 127 Å². The molecule has 1 saturated heterocycles. The van der Waals surface area contributed by atoms with Gasteiger partial charge in [0.2, 0.25) is 0 Å². The zero-order chi connectivity index (χ0) is 16.5. The minimum Gasteiger partial charge on any atom is -0.481 e.